The van der Waals surface area contributed by atoms with Crippen molar-refractivity contribution in [1.29, 1.82) is 0 Å². The molecule has 0 aliphatic carbocycles. The van der Waals surface area contributed by atoms with Crippen LogP contribution in [0.3, 0.4) is 0 Å². The molecule has 3 rings (SSSR count). The van der Waals surface area contributed by atoms with Crippen LogP contribution >= 0.6 is 11.3 Å². The number of phenolic OH excluding ortho intramolecular Hbond substituents is 1. The van der Waals surface area contributed by atoms with Gasteiger partial charge in [-0.1, -0.05) is 18.2 Å². The van der Waals surface area contributed by atoms with Gasteiger partial charge < -0.3 is 9.84 Å². The van der Waals surface area contributed by atoms with Crippen molar-refractivity contribution in [2.45, 2.75) is 27.7 Å². The average molecular weight is 312 g/mol. The molecule has 0 aliphatic rings. The standard InChI is InChI=1S/C19H20O2S/c1-10-11(2)19(21-5)12(3)16(18(10)20)17-13(4)22-15-9-7-6-8-14(15)17/h6-9,20H,1-5H3. The van der Waals surface area contributed by atoms with Crippen LogP contribution in [0.4, 0.5) is 0 Å². The second-order valence-electron chi connectivity index (χ2n) is 5.66. The highest BCUT2D eigenvalue weighted by Crippen LogP contribution is 2.48. The number of phenols is 1. The number of fused-ring (bicyclic) bond motifs is 1. The molecule has 0 unspecified atom stereocenters. The van der Waals surface area contributed by atoms with E-state index in [1.165, 1.54) is 15.0 Å². The Bertz CT molecular complexity index is 875. The molecule has 1 N–H and O–H groups in total. The van der Waals surface area contributed by atoms with E-state index in [1.54, 1.807) is 18.4 Å². The second kappa shape index (κ2) is 5.33. The first kappa shape index (κ1) is 14.9. The van der Waals surface area contributed by atoms with E-state index in [4.69, 9.17) is 4.74 Å². The number of benzene rings is 2. The predicted molar refractivity (Wildman–Crippen MR) is 94.4 cm³/mol. The third-order valence-corrected chi connectivity index (χ3v) is 5.52. The first-order valence-corrected chi connectivity index (χ1v) is 8.14. The van der Waals surface area contributed by atoms with Gasteiger partial charge in [0.15, 0.2) is 0 Å². The van der Waals surface area contributed by atoms with Gasteiger partial charge in [-0.2, -0.15) is 0 Å². The first-order chi connectivity index (χ1) is 10.5. The molecule has 22 heavy (non-hydrogen) atoms. The minimum atomic E-state index is 0.363. The molecule has 1 aromatic heterocycles. The van der Waals surface area contributed by atoms with Crippen LogP contribution in [0, 0.1) is 27.7 Å². The lowest BCUT2D eigenvalue weighted by Gasteiger charge is -2.18. The van der Waals surface area contributed by atoms with Crippen molar-refractivity contribution in [3.63, 3.8) is 0 Å². The van der Waals surface area contributed by atoms with Gasteiger partial charge in [-0.25, -0.2) is 0 Å². The zero-order valence-corrected chi connectivity index (χ0v) is 14.4. The Morgan fingerprint density at radius 2 is 1.59 bits per heavy atom. The highest BCUT2D eigenvalue weighted by Gasteiger charge is 2.22. The Morgan fingerprint density at radius 3 is 2.27 bits per heavy atom. The van der Waals surface area contributed by atoms with E-state index in [1.807, 2.05) is 26.8 Å². The molecule has 0 fully saturated rings. The number of thiophene rings is 1. The highest BCUT2D eigenvalue weighted by molar-refractivity contribution is 7.19. The van der Waals surface area contributed by atoms with E-state index < -0.39 is 0 Å². The molecular weight excluding hydrogens is 292 g/mol. The van der Waals surface area contributed by atoms with Gasteiger partial charge in [0.25, 0.3) is 0 Å². The average Bonchev–Trinajstić information content (AvgIpc) is 2.82. The van der Waals surface area contributed by atoms with Gasteiger partial charge in [-0.05, 0) is 44.9 Å². The molecule has 1 heterocycles. The molecule has 3 aromatic rings. The van der Waals surface area contributed by atoms with Gasteiger partial charge in [0, 0.05) is 31.7 Å². The van der Waals surface area contributed by atoms with Crippen LogP contribution < -0.4 is 4.74 Å². The summed E-state index contributed by atoms with van der Waals surface area (Å²) in [6.07, 6.45) is 0. The van der Waals surface area contributed by atoms with E-state index in [2.05, 4.69) is 25.1 Å². The van der Waals surface area contributed by atoms with Gasteiger partial charge in [0.1, 0.15) is 11.5 Å². The summed E-state index contributed by atoms with van der Waals surface area (Å²) in [7, 11) is 1.69. The molecular formula is C19H20O2S. The molecule has 0 saturated carbocycles. The third-order valence-electron chi connectivity index (χ3n) is 4.44. The van der Waals surface area contributed by atoms with Crippen LogP contribution in [0.5, 0.6) is 11.5 Å². The van der Waals surface area contributed by atoms with Crippen molar-refractivity contribution in [2.24, 2.45) is 0 Å². The summed E-state index contributed by atoms with van der Waals surface area (Å²) in [5, 5.41) is 12.0. The minimum absolute atomic E-state index is 0.363. The van der Waals surface area contributed by atoms with Crippen LogP contribution in [0.25, 0.3) is 21.2 Å². The monoisotopic (exact) mass is 312 g/mol. The van der Waals surface area contributed by atoms with Crippen LogP contribution in [-0.4, -0.2) is 12.2 Å². The van der Waals surface area contributed by atoms with Crippen molar-refractivity contribution >= 4 is 21.4 Å². The molecule has 0 saturated heterocycles. The van der Waals surface area contributed by atoms with Gasteiger partial charge in [0.05, 0.1) is 7.11 Å². The molecule has 2 aromatic carbocycles. The largest absolute Gasteiger partial charge is 0.507 e. The summed E-state index contributed by atoms with van der Waals surface area (Å²) < 4.78 is 6.84. The lowest BCUT2D eigenvalue weighted by molar-refractivity contribution is 0.405. The summed E-state index contributed by atoms with van der Waals surface area (Å²) in [4.78, 5) is 1.21. The summed E-state index contributed by atoms with van der Waals surface area (Å²) >= 11 is 1.76. The summed E-state index contributed by atoms with van der Waals surface area (Å²) in [6, 6.07) is 8.34. The molecule has 3 heteroatoms. The molecule has 0 spiro atoms. The molecule has 0 radical (unpaired) electrons. The maximum Gasteiger partial charge on any atom is 0.127 e. The van der Waals surface area contributed by atoms with Crippen molar-refractivity contribution in [3.8, 4) is 22.6 Å². The van der Waals surface area contributed by atoms with Crippen LogP contribution in [0.2, 0.25) is 0 Å². The SMILES string of the molecule is COc1c(C)c(C)c(O)c(-c2c(C)sc3ccccc23)c1C. The molecule has 114 valence electrons. The minimum Gasteiger partial charge on any atom is -0.507 e. The topological polar surface area (TPSA) is 29.5 Å². The van der Waals surface area contributed by atoms with Gasteiger partial charge in [0.2, 0.25) is 0 Å². The van der Waals surface area contributed by atoms with Crippen LogP contribution in [-0.2, 0) is 0 Å². The van der Waals surface area contributed by atoms with E-state index in [-0.39, 0.29) is 0 Å². The maximum absolute atomic E-state index is 10.8. The summed E-state index contributed by atoms with van der Waals surface area (Å²) in [5.41, 5.74) is 4.90. The normalized spacial score (nSPS) is 11.1. The van der Waals surface area contributed by atoms with Gasteiger partial charge in [-0.3, -0.25) is 0 Å². The zero-order valence-electron chi connectivity index (χ0n) is 13.6. The number of hydrogen-bond donors (Lipinski definition) is 1. The fourth-order valence-electron chi connectivity index (χ4n) is 3.20. The van der Waals surface area contributed by atoms with E-state index in [0.29, 0.717) is 5.75 Å². The fraction of sp³-hybridized carbons (Fsp3) is 0.263. The molecule has 0 amide bonds. The quantitative estimate of drug-likeness (QED) is 0.675. The van der Waals surface area contributed by atoms with Crippen molar-refractivity contribution in [3.05, 3.63) is 45.8 Å². The second-order valence-corrected chi connectivity index (χ2v) is 6.92. The Labute approximate surface area is 135 Å². The Balaban J connectivity index is 2.46. The van der Waals surface area contributed by atoms with Crippen molar-refractivity contribution in [2.75, 3.05) is 7.11 Å². The van der Waals surface area contributed by atoms with Crippen molar-refractivity contribution in [1.82, 2.24) is 0 Å². The number of aromatic hydroxyl groups is 1. The lowest BCUT2D eigenvalue weighted by Crippen LogP contribution is -1.98. The van der Waals surface area contributed by atoms with Crippen molar-refractivity contribution < 1.29 is 9.84 Å². The van der Waals surface area contributed by atoms with E-state index in [9.17, 15) is 5.11 Å². The van der Waals surface area contributed by atoms with Crippen LogP contribution in [0.15, 0.2) is 24.3 Å². The Kier molecular flexibility index (Phi) is 3.61. The Hall–Kier alpha value is -2.00. The fourth-order valence-corrected chi connectivity index (χ4v) is 4.27. The number of methoxy groups -OCH3 is 1. The summed E-state index contributed by atoms with van der Waals surface area (Å²) in [6.45, 7) is 8.07. The third kappa shape index (κ3) is 2.00. The van der Waals surface area contributed by atoms with Gasteiger partial charge >= 0.3 is 0 Å². The summed E-state index contributed by atoms with van der Waals surface area (Å²) in [5.74, 6) is 1.22. The predicted octanol–water partition coefficient (Wildman–Crippen LogP) is 5.52. The lowest BCUT2D eigenvalue weighted by atomic mass is 9.91. The molecule has 2 nitrogen and oxygen atoms in total. The number of aryl methyl sites for hydroxylation is 1. The zero-order chi connectivity index (χ0) is 16.0. The highest BCUT2D eigenvalue weighted by atomic mass is 32.1. The van der Waals surface area contributed by atoms with Crippen LogP contribution in [0.1, 0.15) is 21.6 Å². The smallest absolute Gasteiger partial charge is 0.127 e. The Morgan fingerprint density at radius 1 is 0.909 bits per heavy atom. The van der Waals surface area contributed by atoms with Gasteiger partial charge in [-0.15, -0.1) is 11.3 Å². The molecule has 0 aliphatic heterocycles. The number of rotatable bonds is 2. The first-order valence-electron chi connectivity index (χ1n) is 7.32. The van der Waals surface area contributed by atoms with E-state index >= 15 is 0 Å². The molecule has 0 atom stereocenters. The maximum atomic E-state index is 10.8. The number of ether oxygens (including phenoxy) is 1. The van der Waals surface area contributed by atoms with E-state index in [0.717, 1.165) is 33.6 Å². The molecule has 0 bridgehead atoms. The number of hydrogen-bond acceptors (Lipinski definition) is 3.